The van der Waals surface area contributed by atoms with E-state index in [1.807, 2.05) is 0 Å². The fourth-order valence-corrected chi connectivity index (χ4v) is 3.76. The lowest BCUT2D eigenvalue weighted by molar-refractivity contribution is -0.289. The Kier molecular flexibility index (Phi) is 7.34. The molecule has 0 radical (unpaired) electrons. The van der Waals surface area contributed by atoms with Gasteiger partial charge in [0, 0.05) is 30.2 Å². The molecule has 0 aliphatic carbocycles. The van der Waals surface area contributed by atoms with Gasteiger partial charge >= 0.3 is 18.2 Å². The molecule has 1 amide bonds. The maximum Gasteiger partial charge on any atom is 0.458 e. The second-order valence-electron chi connectivity index (χ2n) is 7.15. The summed E-state index contributed by atoms with van der Waals surface area (Å²) >= 11 is 1.40. The van der Waals surface area contributed by atoms with Crippen molar-refractivity contribution in [2.45, 2.75) is 38.0 Å². The lowest BCUT2D eigenvalue weighted by Crippen LogP contribution is -2.39. The quantitative estimate of drug-likeness (QED) is 0.500. The highest BCUT2D eigenvalue weighted by Gasteiger charge is 2.58. The molecule has 0 atom stereocenters. The first-order valence-corrected chi connectivity index (χ1v) is 10.5. The zero-order valence-corrected chi connectivity index (χ0v) is 17.2. The predicted octanol–water partition coefficient (Wildman–Crippen LogP) is 5.61. The van der Waals surface area contributed by atoms with Gasteiger partial charge in [-0.25, -0.2) is 9.78 Å². The van der Waals surface area contributed by atoms with Gasteiger partial charge < -0.3 is 14.4 Å². The maximum atomic E-state index is 13.5. The summed E-state index contributed by atoms with van der Waals surface area (Å²) in [4.78, 5) is 17.8. The Morgan fingerprint density at radius 3 is 2.58 bits per heavy atom. The normalized spacial score (nSPS) is 15.7. The zero-order chi connectivity index (χ0) is 22.5. The average Bonchev–Trinajstić information content (AvgIpc) is 3.26. The van der Waals surface area contributed by atoms with Gasteiger partial charge in [-0.15, -0.1) is 11.3 Å². The summed E-state index contributed by atoms with van der Waals surface area (Å²) in [6.45, 7) is 1.36. The van der Waals surface area contributed by atoms with E-state index in [9.17, 15) is 26.7 Å². The first-order valence-electron chi connectivity index (χ1n) is 9.65. The number of rotatable bonds is 7. The van der Waals surface area contributed by atoms with Gasteiger partial charge in [0.15, 0.2) is 0 Å². The third-order valence-electron chi connectivity index (χ3n) is 5.02. The van der Waals surface area contributed by atoms with Crippen molar-refractivity contribution >= 4 is 17.4 Å². The minimum atomic E-state index is -5.67. The van der Waals surface area contributed by atoms with Crippen molar-refractivity contribution in [3.8, 4) is 5.75 Å². The number of amides is 1. The van der Waals surface area contributed by atoms with Crippen LogP contribution in [-0.4, -0.2) is 41.8 Å². The smallest absolute Gasteiger partial charge is 0.458 e. The van der Waals surface area contributed by atoms with Gasteiger partial charge in [-0.3, -0.25) is 0 Å². The molecule has 1 saturated heterocycles. The van der Waals surface area contributed by atoms with Crippen LogP contribution in [0.1, 0.15) is 29.8 Å². The molecular formula is C20H21F5N2O3S. The summed E-state index contributed by atoms with van der Waals surface area (Å²) in [5, 5.41) is 2.52. The minimum Gasteiger partial charge on any atom is -0.494 e. The van der Waals surface area contributed by atoms with Crippen LogP contribution in [0.4, 0.5) is 26.7 Å². The zero-order valence-electron chi connectivity index (χ0n) is 16.4. The highest BCUT2D eigenvalue weighted by molar-refractivity contribution is 7.09. The number of carbonyl (C=O) groups is 1. The molecule has 1 fully saturated rings. The highest BCUT2D eigenvalue weighted by Crippen LogP contribution is 2.44. The molecule has 1 aliphatic heterocycles. The topological polar surface area (TPSA) is 51.7 Å². The number of halogens is 5. The van der Waals surface area contributed by atoms with Crippen molar-refractivity contribution in [1.29, 1.82) is 0 Å². The van der Waals surface area contributed by atoms with Gasteiger partial charge in [-0.1, -0.05) is 12.1 Å². The number of hydrogen-bond donors (Lipinski definition) is 0. The van der Waals surface area contributed by atoms with E-state index in [4.69, 9.17) is 9.47 Å². The number of thiazole rings is 1. The Balaban J connectivity index is 1.40. The molecule has 1 aromatic heterocycles. The maximum absolute atomic E-state index is 13.5. The number of benzene rings is 1. The molecule has 2 aromatic rings. The van der Waals surface area contributed by atoms with Gasteiger partial charge in [-0.05, 0) is 37.3 Å². The molecule has 31 heavy (non-hydrogen) atoms. The van der Waals surface area contributed by atoms with Crippen LogP contribution < -0.4 is 4.74 Å². The van der Waals surface area contributed by atoms with Gasteiger partial charge in [0.2, 0.25) is 0 Å². The van der Waals surface area contributed by atoms with Gasteiger partial charge in [0.1, 0.15) is 17.4 Å². The van der Waals surface area contributed by atoms with Crippen LogP contribution in [0.2, 0.25) is 0 Å². The molecule has 0 bridgehead atoms. The van der Waals surface area contributed by atoms with Crippen LogP contribution in [0.15, 0.2) is 35.8 Å². The van der Waals surface area contributed by atoms with Crippen LogP contribution in [0.25, 0.3) is 0 Å². The number of ether oxygens (including phenoxy) is 2. The largest absolute Gasteiger partial charge is 0.494 e. The van der Waals surface area contributed by atoms with E-state index in [1.54, 1.807) is 16.5 Å². The van der Waals surface area contributed by atoms with E-state index >= 15 is 0 Å². The van der Waals surface area contributed by atoms with Crippen molar-refractivity contribution in [1.82, 2.24) is 9.88 Å². The number of aromatic nitrogens is 1. The summed E-state index contributed by atoms with van der Waals surface area (Å²) in [7, 11) is 0. The van der Waals surface area contributed by atoms with E-state index in [1.165, 1.54) is 17.4 Å². The van der Waals surface area contributed by atoms with E-state index in [0.717, 1.165) is 30.0 Å². The number of carbonyl (C=O) groups excluding carboxylic acids is 1. The fraction of sp³-hybridized carbons (Fsp3) is 0.500. The molecule has 3 rings (SSSR count). The Bertz CT molecular complexity index is 853. The van der Waals surface area contributed by atoms with Gasteiger partial charge in [-0.2, -0.15) is 22.0 Å². The SMILES string of the molecule is O=C(OCc1nccs1)N1CCC(CCOc2cccc(C(F)(F)C(F)(F)F)c2)CC1. The van der Waals surface area contributed by atoms with Crippen molar-refractivity contribution in [2.75, 3.05) is 19.7 Å². The predicted molar refractivity (Wildman–Crippen MR) is 103 cm³/mol. The number of hydrogen-bond acceptors (Lipinski definition) is 5. The molecule has 1 aromatic carbocycles. The fourth-order valence-electron chi connectivity index (χ4n) is 3.23. The lowest BCUT2D eigenvalue weighted by atomic mass is 9.94. The lowest BCUT2D eigenvalue weighted by Gasteiger charge is -2.31. The molecule has 1 aliphatic rings. The van der Waals surface area contributed by atoms with Crippen LogP contribution in [0.5, 0.6) is 5.75 Å². The summed E-state index contributed by atoms with van der Waals surface area (Å²) in [5.74, 6) is -4.72. The van der Waals surface area contributed by atoms with Crippen molar-refractivity contribution in [3.05, 3.63) is 46.4 Å². The Morgan fingerprint density at radius 1 is 1.19 bits per heavy atom. The number of alkyl halides is 5. The Hall–Kier alpha value is -2.43. The van der Waals surface area contributed by atoms with Crippen molar-refractivity contribution < 1.29 is 36.2 Å². The minimum absolute atomic E-state index is 0.0374. The second-order valence-corrected chi connectivity index (χ2v) is 8.13. The molecule has 170 valence electrons. The van der Waals surface area contributed by atoms with Gasteiger partial charge in [0.05, 0.1) is 6.61 Å². The molecule has 0 N–H and O–H groups in total. The summed E-state index contributed by atoms with van der Waals surface area (Å²) in [6.07, 6.45) is -2.38. The molecule has 2 heterocycles. The molecule has 0 saturated carbocycles. The van der Waals surface area contributed by atoms with Crippen LogP contribution in [-0.2, 0) is 17.3 Å². The van der Waals surface area contributed by atoms with E-state index in [-0.39, 0.29) is 24.9 Å². The molecule has 5 nitrogen and oxygen atoms in total. The molecular weight excluding hydrogens is 443 g/mol. The van der Waals surface area contributed by atoms with Crippen molar-refractivity contribution in [2.24, 2.45) is 5.92 Å². The van der Waals surface area contributed by atoms with Crippen molar-refractivity contribution in [3.63, 3.8) is 0 Å². The monoisotopic (exact) mass is 464 g/mol. The number of likely N-dealkylation sites (tertiary alicyclic amines) is 1. The summed E-state index contributed by atoms with van der Waals surface area (Å²) in [6, 6.07) is 3.90. The van der Waals surface area contributed by atoms with E-state index < -0.39 is 23.8 Å². The highest BCUT2D eigenvalue weighted by atomic mass is 32.1. The number of nitrogens with zero attached hydrogens (tertiary/aromatic N) is 2. The van der Waals surface area contributed by atoms with Crippen LogP contribution in [0, 0.1) is 5.92 Å². The standard InChI is InChI=1S/C20H21F5N2O3S/c21-19(22,20(23,24)25)15-2-1-3-16(12-15)29-10-6-14-4-8-27(9-5-14)18(28)30-13-17-26-7-11-31-17/h1-3,7,11-12,14H,4-6,8-10,13H2. The third kappa shape index (κ3) is 6.05. The third-order valence-corrected chi connectivity index (χ3v) is 5.78. The average molecular weight is 464 g/mol. The molecule has 0 spiro atoms. The summed E-state index contributed by atoms with van der Waals surface area (Å²) < 4.78 is 75.1. The van der Waals surface area contributed by atoms with Crippen LogP contribution in [0.3, 0.4) is 0 Å². The van der Waals surface area contributed by atoms with Gasteiger partial charge in [0.25, 0.3) is 0 Å². The first kappa shape index (κ1) is 23.2. The first-order chi connectivity index (χ1) is 14.7. The van der Waals surface area contributed by atoms with E-state index in [2.05, 4.69) is 4.98 Å². The Labute approximate surface area is 179 Å². The molecule has 0 unspecified atom stereocenters. The molecule has 11 heteroatoms. The number of piperidine rings is 1. The van der Waals surface area contributed by atoms with Crippen LogP contribution >= 0.6 is 11.3 Å². The van der Waals surface area contributed by atoms with E-state index in [0.29, 0.717) is 25.6 Å². The second kappa shape index (κ2) is 9.80. The summed E-state index contributed by atoms with van der Waals surface area (Å²) in [5.41, 5.74) is -1.15. The Morgan fingerprint density at radius 2 is 1.94 bits per heavy atom.